The maximum absolute atomic E-state index is 11.8. The average molecular weight is 273 g/mol. The Kier molecular flexibility index (Phi) is 4.43. The fourth-order valence-corrected chi connectivity index (χ4v) is 1.55. The lowest BCUT2D eigenvalue weighted by molar-refractivity contribution is 0.0955. The Morgan fingerprint density at radius 1 is 1.35 bits per heavy atom. The van der Waals surface area contributed by atoms with Gasteiger partial charge in [-0.3, -0.25) is 14.6 Å². The molecule has 2 rings (SSSR count). The van der Waals surface area contributed by atoms with E-state index in [1.54, 1.807) is 37.9 Å². The molecule has 2 N–H and O–H groups in total. The Bertz CT molecular complexity index is 639. The van der Waals surface area contributed by atoms with E-state index in [-0.39, 0.29) is 11.5 Å². The van der Waals surface area contributed by atoms with Crippen molar-refractivity contribution in [2.24, 2.45) is 7.05 Å². The zero-order chi connectivity index (χ0) is 14.4. The van der Waals surface area contributed by atoms with Gasteiger partial charge in [0.15, 0.2) is 0 Å². The number of aromatic nitrogens is 3. The SMILES string of the molecule is Cn1ccc(C(=O)NCCNc2cnccn2)cc1=O. The second-order valence-corrected chi connectivity index (χ2v) is 4.14. The fraction of sp³-hybridized carbons (Fsp3) is 0.231. The molecule has 104 valence electrons. The van der Waals surface area contributed by atoms with Crippen molar-refractivity contribution in [2.45, 2.75) is 0 Å². The van der Waals surface area contributed by atoms with Crippen molar-refractivity contribution in [3.05, 3.63) is 52.8 Å². The number of carbonyl (C=O) groups is 1. The van der Waals surface area contributed by atoms with Gasteiger partial charge in [-0.2, -0.15) is 0 Å². The topological polar surface area (TPSA) is 88.9 Å². The van der Waals surface area contributed by atoms with Crippen molar-refractivity contribution >= 4 is 11.7 Å². The van der Waals surface area contributed by atoms with Crippen LogP contribution in [0.2, 0.25) is 0 Å². The van der Waals surface area contributed by atoms with Crippen molar-refractivity contribution in [1.29, 1.82) is 0 Å². The van der Waals surface area contributed by atoms with Gasteiger partial charge in [-0.25, -0.2) is 4.98 Å². The molecule has 1 amide bonds. The van der Waals surface area contributed by atoms with Gasteiger partial charge in [0.2, 0.25) is 0 Å². The molecule has 0 radical (unpaired) electrons. The molecule has 0 fully saturated rings. The second kappa shape index (κ2) is 6.46. The van der Waals surface area contributed by atoms with Crippen LogP contribution in [0.15, 0.2) is 41.7 Å². The Labute approximate surface area is 115 Å². The van der Waals surface area contributed by atoms with E-state index in [4.69, 9.17) is 0 Å². The summed E-state index contributed by atoms with van der Waals surface area (Å²) in [5, 5.41) is 5.74. The van der Waals surface area contributed by atoms with Crippen LogP contribution in [0.3, 0.4) is 0 Å². The summed E-state index contributed by atoms with van der Waals surface area (Å²) in [5.41, 5.74) is 0.142. The minimum atomic E-state index is -0.274. The third kappa shape index (κ3) is 3.64. The Balaban J connectivity index is 1.80. The lowest BCUT2D eigenvalue weighted by Gasteiger charge is -2.07. The number of aryl methyl sites for hydroxylation is 1. The van der Waals surface area contributed by atoms with Crippen LogP contribution in [0, 0.1) is 0 Å². The minimum Gasteiger partial charge on any atom is -0.367 e. The number of anilines is 1. The van der Waals surface area contributed by atoms with Crippen LogP contribution in [-0.4, -0.2) is 33.5 Å². The molecule has 7 nitrogen and oxygen atoms in total. The van der Waals surface area contributed by atoms with Crippen molar-refractivity contribution < 1.29 is 4.79 Å². The van der Waals surface area contributed by atoms with Gasteiger partial charge in [-0.05, 0) is 6.07 Å². The van der Waals surface area contributed by atoms with Crippen LogP contribution in [0.4, 0.5) is 5.82 Å². The summed E-state index contributed by atoms with van der Waals surface area (Å²) >= 11 is 0. The molecule has 0 aliphatic rings. The standard InChI is InChI=1S/C13H15N5O2/c1-18-7-2-10(8-12(18)19)13(20)17-6-5-16-11-9-14-3-4-15-11/h2-4,7-9H,5-6H2,1H3,(H,15,16)(H,17,20). The molecule has 0 bridgehead atoms. The first-order valence-electron chi connectivity index (χ1n) is 6.11. The third-order valence-corrected chi connectivity index (χ3v) is 2.65. The van der Waals surface area contributed by atoms with E-state index in [9.17, 15) is 9.59 Å². The van der Waals surface area contributed by atoms with Gasteiger partial charge in [0, 0.05) is 50.4 Å². The number of hydrogen-bond acceptors (Lipinski definition) is 5. The average Bonchev–Trinajstić information content (AvgIpc) is 2.47. The van der Waals surface area contributed by atoms with E-state index in [1.165, 1.54) is 10.6 Å². The predicted molar refractivity (Wildman–Crippen MR) is 74.5 cm³/mol. The monoisotopic (exact) mass is 273 g/mol. The van der Waals surface area contributed by atoms with E-state index in [0.29, 0.717) is 24.5 Å². The maximum Gasteiger partial charge on any atom is 0.251 e. The van der Waals surface area contributed by atoms with Gasteiger partial charge in [0.25, 0.3) is 11.5 Å². The molecule has 7 heteroatoms. The molecule has 0 spiro atoms. The molecule has 0 aliphatic heterocycles. The Morgan fingerprint density at radius 3 is 2.90 bits per heavy atom. The molecule has 20 heavy (non-hydrogen) atoms. The fourth-order valence-electron chi connectivity index (χ4n) is 1.55. The molecule has 2 aromatic heterocycles. The lowest BCUT2D eigenvalue weighted by atomic mass is 10.2. The molecule has 2 heterocycles. The highest BCUT2D eigenvalue weighted by Crippen LogP contribution is 1.96. The Hall–Kier alpha value is -2.70. The van der Waals surface area contributed by atoms with Gasteiger partial charge in [-0.15, -0.1) is 0 Å². The number of nitrogens with one attached hydrogen (secondary N) is 2. The van der Waals surface area contributed by atoms with Crippen molar-refractivity contribution in [3.8, 4) is 0 Å². The number of carbonyl (C=O) groups excluding carboxylic acids is 1. The van der Waals surface area contributed by atoms with E-state index in [2.05, 4.69) is 20.6 Å². The molecule has 2 aromatic rings. The van der Waals surface area contributed by atoms with Crippen molar-refractivity contribution in [2.75, 3.05) is 18.4 Å². The van der Waals surface area contributed by atoms with Gasteiger partial charge < -0.3 is 15.2 Å². The van der Waals surface area contributed by atoms with Gasteiger partial charge in [0.05, 0.1) is 6.20 Å². The summed E-state index contributed by atoms with van der Waals surface area (Å²) in [5.74, 6) is 0.374. The summed E-state index contributed by atoms with van der Waals surface area (Å²) in [6.07, 6.45) is 6.33. The van der Waals surface area contributed by atoms with Crippen LogP contribution in [0.25, 0.3) is 0 Å². The highest BCUT2D eigenvalue weighted by Gasteiger charge is 2.05. The normalized spacial score (nSPS) is 10.1. The summed E-state index contributed by atoms with van der Waals surface area (Å²) in [4.78, 5) is 31.2. The van der Waals surface area contributed by atoms with Crippen molar-refractivity contribution in [3.63, 3.8) is 0 Å². The lowest BCUT2D eigenvalue weighted by Crippen LogP contribution is -2.30. The highest BCUT2D eigenvalue weighted by molar-refractivity contribution is 5.93. The third-order valence-electron chi connectivity index (χ3n) is 2.65. The van der Waals surface area contributed by atoms with Gasteiger partial charge >= 0.3 is 0 Å². The van der Waals surface area contributed by atoms with Gasteiger partial charge in [-0.1, -0.05) is 0 Å². The number of rotatable bonds is 5. The van der Waals surface area contributed by atoms with Crippen LogP contribution in [0.1, 0.15) is 10.4 Å². The first kappa shape index (κ1) is 13.7. The van der Waals surface area contributed by atoms with Gasteiger partial charge in [0.1, 0.15) is 5.82 Å². The molecule has 0 unspecified atom stereocenters. The largest absolute Gasteiger partial charge is 0.367 e. The van der Waals surface area contributed by atoms with Crippen LogP contribution >= 0.6 is 0 Å². The highest BCUT2D eigenvalue weighted by atomic mass is 16.2. The summed E-state index contributed by atoms with van der Waals surface area (Å²) < 4.78 is 1.41. The first-order valence-corrected chi connectivity index (χ1v) is 6.11. The van der Waals surface area contributed by atoms with E-state index < -0.39 is 0 Å². The van der Waals surface area contributed by atoms with E-state index >= 15 is 0 Å². The summed E-state index contributed by atoms with van der Waals surface area (Å²) in [7, 11) is 1.63. The minimum absolute atomic E-state index is 0.213. The Morgan fingerprint density at radius 2 is 2.20 bits per heavy atom. The van der Waals surface area contributed by atoms with E-state index in [0.717, 1.165) is 0 Å². The molecular weight excluding hydrogens is 258 g/mol. The molecule has 0 saturated heterocycles. The van der Waals surface area contributed by atoms with E-state index in [1.807, 2.05) is 0 Å². The zero-order valence-electron chi connectivity index (χ0n) is 11.0. The molecular formula is C13H15N5O2. The molecule has 0 saturated carbocycles. The molecule has 0 atom stereocenters. The summed E-state index contributed by atoms with van der Waals surface area (Å²) in [6, 6.07) is 2.91. The number of amides is 1. The molecule has 0 aromatic carbocycles. The number of nitrogens with zero attached hydrogens (tertiary/aromatic N) is 3. The zero-order valence-corrected chi connectivity index (χ0v) is 11.0. The van der Waals surface area contributed by atoms with Crippen LogP contribution in [-0.2, 0) is 7.05 Å². The maximum atomic E-state index is 11.8. The van der Waals surface area contributed by atoms with Crippen LogP contribution in [0.5, 0.6) is 0 Å². The predicted octanol–water partition coefficient (Wildman–Crippen LogP) is 0.0172. The number of pyridine rings is 1. The molecule has 0 aliphatic carbocycles. The van der Waals surface area contributed by atoms with Crippen molar-refractivity contribution in [1.82, 2.24) is 19.9 Å². The smallest absolute Gasteiger partial charge is 0.251 e. The number of hydrogen-bond donors (Lipinski definition) is 2. The summed E-state index contributed by atoms with van der Waals surface area (Å²) in [6.45, 7) is 0.944. The quantitative estimate of drug-likeness (QED) is 0.750. The van der Waals surface area contributed by atoms with Crippen LogP contribution < -0.4 is 16.2 Å². The first-order chi connectivity index (χ1) is 9.66. The second-order valence-electron chi connectivity index (χ2n) is 4.14.